The van der Waals surface area contributed by atoms with Crippen molar-refractivity contribution in [2.45, 2.75) is 46.0 Å². The molecule has 2 aromatic carbocycles. The fourth-order valence-corrected chi connectivity index (χ4v) is 4.86. The van der Waals surface area contributed by atoms with Gasteiger partial charge in [-0.2, -0.15) is 0 Å². The number of nitro groups is 2. The highest BCUT2D eigenvalue weighted by Gasteiger charge is 2.27. The fourth-order valence-electron chi connectivity index (χ4n) is 4.86. The van der Waals surface area contributed by atoms with Crippen molar-refractivity contribution in [3.05, 3.63) is 81.4 Å². The largest absolute Gasteiger partial charge is 0.491 e. The normalized spacial score (nSPS) is 13.3. The maximum Gasteiger partial charge on any atom is 0.298 e. The molecular weight excluding hydrogens is 612 g/mol. The number of aliphatic imine (C=N–C) groups is 2. The maximum atomic E-state index is 11.5. The third-order valence-electron chi connectivity index (χ3n) is 6.98. The van der Waals surface area contributed by atoms with Crippen LogP contribution in [0.15, 0.2) is 61.2 Å². The van der Waals surface area contributed by atoms with Gasteiger partial charge in [-0.25, -0.2) is 9.80 Å². The highest BCUT2D eigenvalue weighted by Crippen LogP contribution is 2.30. The van der Waals surface area contributed by atoms with Gasteiger partial charge in [0.2, 0.25) is 11.8 Å². The van der Waals surface area contributed by atoms with Gasteiger partial charge in [-0.1, -0.05) is 9.98 Å². The molecule has 246 valence electrons. The van der Waals surface area contributed by atoms with E-state index in [1.54, 1.807) is 12.4 Å². The van der Waals surface area contributed by atoms with Gasteiger partial charge in [-0.15, -0.1) is 0 Å². The number of non-ortho nitro benzene ring substituents is 2. The predicted molar refractivity (Wildman–Crippen MR) is 175 cm³/mol. The molecule has 0 aliphatic carbocycles. The molecule has 2 heterocycles. The topological polar surface area (TPSA) is 198 Å². The van der Waals surface area contributed by atoms with E-state index in [9.17, 15) is 29.8 Å². The minimum Gasteiger partial charge on any atom is -0.491 e. The number of nitro benzene ring substituents is 2. The first-order valence-corrected chi connectivity index (χ1v) is 15.0. The van der Waals surface area contributed by atoms with Crippen molar-refractivity contribution in [1.29, 1.82) is 0 Å². The molecule has 0 spiro atoms. The van der Waals surface area contributed by atoms with E-state index in [0.29, 0.717) is 37.3 Å². The molecule has 0 saturated carbocycles. The zero-order valence-corrected chi connectivity index (χ0v) is 26.1. The SMILES string of the molecule is CC(=O)Nc1ccc([N+](=O)[O-])cc1OCCCN1C=C[N+]=C1CCCC1=[N+]C=CN1CCCOc1cc([N+](=O)[O-])ccc1NC(C)=O. The molecule has 2 aliphatic rings. The lowest BCUT2D eigenvalue weighted by molar-refractivity contribution is -0.385. The highest BCUT2D eigenvalue weighted by atomic mass is 16.6. The van der Waals surface area contributed by atoms with E-state index in [0.717, 1.165) is 30.9 Å². The lowest BCUT2D eigenvalue weighted by atomic mass is 10.2. The second-order valence-corrected chi connectivity index (χ2v) is 10.6. The molecule has 0 bridgehead atoms. The maximum absolute atomic E-state index is 11.5. The number of amides is 2. The van der Waals surface area contributed by atoms with Gasteiger partial charge in [0.25, 0.3) is 23.0 Å². The molecule has 2 aliphatic heterocycles. The van der Waals surface area contributed by atoms with Gasteiger partial charge in [0, 0.05) is 38.8 Å². The van der Waals surface area contributed by atoms with E-state index in [-0.39, 0.29) is 47.9 Å². The molecular formula is C31H36N8O8+2. The first-order valence-electron chi connectivity index (χ1n) is 15.0. The molecule has 0 aromatic heterocycles. The Bertz CT molecular complexity index is 1500. The number of rotatable bonds is 18. The number of carbonyl (C=O) groups is 2. The van der Waals surface area contributed by atoms with Crippen LogP contribution in [-0.4, -0.2) is 69.4 Å². The highest BCUT2D eigenvalue weighted by molar-refractivity contribution is 5.91. The van der Waals surface area contributed by atoms with E-state index in [1.807, 2.05) is 22.2 Å². The van der Waals surface area contributed by atoms with Crippen molar-refractivity contribution in [2.24, 2.45) is 0 Å². The molecule has 0 fully saturated rings. The van der Waals surface area contributed by atoms with Gasteiger partial charge in [-0.05, 0) is 18.6 Å². The average Bonchev–Trinajstić information content (AvgIpc) is 3.67. The standard InChI is InChI=1S/C31H36N8O8/c1-22(40)34-26-10-8-24(38(42)43)20-28(26)46-18-4-14-36-16-12-32-30(36)6-3-7-31-33-13-17-37(31)15-5-19-47-29-21-25(39(44)45)9-11-27(29)35-23(2)41/h8-13,16-17,20-21H,3-7,14-15,18-19H2,1-2H3,(H,34,40)(H,35,41)/q+2. The Morgan fingerprint density at radius 2 is 1.15 bits per heavy atom. The molecule has 47 heavy (non-hydrogen) atoms. The molecule has 2 aromatic rings. The van der Waals surface area contributed by atoms with Gasteiger partial charge in [-0.3, -0.25) is 29.8 Å². The Morgan fingerprint density at radius 1 is 0.723 bits per heavy atom. The third-order valence-corrected chi connectivity index (χ3v) is 6.98. The van der Waals surface area contributed by atoms with Crippen molar-refractivity contribution in [3.63, 3.8) is 0 Å². The van der Waals surface area contributed by atoms with E-state index in [2.05, 4.69) is 20.6 Å². The number of nitrogens with zero attached hydrogens (tertiary/aromatic N) is 6. The van der Waals surface area contributed by atoms with Gasteiger partial charge in [0.05, 0.1) is 72.5 Å². The van der Waals surface area contributed by atoms with Crippen molar-refractivity contribution in [1.82, 2.24) is 19.8 Å². The lowest BCUT2D eigenvalue weighted by Gasteiger charge is -2.14. The first kappa shape index (κ1) is 34.1. The molecule has 2 N–H and O–H groups in total. The van der Waals surface area contributed by atoms with Crippen LogP contribution in [0.5, 0.6) is 11.5 Å². The quantitative estimate of drug-likeness (QED) is 0.136. The van der Waals surface area contributed by atoms with Crippen LogP contribution in [0.4, 0.5) is 22.7 Å². The zero-order valence-electron chi connectivity index (χ0n) is 26.1. The molecule has 0 atom stereocenters. The van der Waals surface area contributed by atoms with Gasteiger partial charge in [0.15, 0.2) is 12.4 Å². The number of amidine groups is 2. The number of anilines is 2. The van der Waals surface area contributed by atoms with Crippen LogP contribution in [0.1, 0.15) is 46.0 Å². The number of benzene rings is 2. The van der Waals surface area contributed by atoms with E-state index in [1.165, 1.54) is 50.2 Å². The summed E-state index contributed by atoms with van der Waals surface area (Å²) in [7, 11) is 0. The van der Waals surface area contributed by atoms with Gasteiger partial charge in [0.1, 0.15) is 23.9 Å². The second-order valence-electron chi connectivity index (χ2n) is 10.6. The van der Waals surface area contributed by atoms with Crippen LogP contribution in [0, 0.1) is 20.2 Å². The monoisotopic (exact) mass is 648 g/mol. The molecule has 4 rings (SSSR count). The van der Waals surface area contributed by atoms with E-state index < -0.39 is 9.85 Å². The zero-order chi connectivity index (χ0) is 33.8. The second kappa shape index (κ2) is 16.5. The fraction of sp³-hybridized carbons (Fsp3) is 0.355. The Hall–Kier alpha value is -5.80. The predicted octanol–water partition coefficient (Wildman–Crippen LogP) is 3.87. The Kier molecular flexibility index (Phi) is 12.0. The van der Waals surface area contributed by atoms with E-state index in [4.69, 9.17) is 9.47 Å². The van der Waals surface area contributed by atoms with Gasteiger partial charge < -0.3 is 20.1 Å². The Balaban J connectivity index is 1.18. The average molecular weight is 649 g/mol. The summed E-state index contributed by atoms with van der Waals surface area (Å²) in [5.41, 5.74) is 0.488. The summed E-state index contributed by atoms with van der Waals surface area (Å²) in [6, 6.07) is 8.12. The lowest BCUT2D eigenvalue weighted by Crippen LogP contribution is -2.29. The van der Waals surface area contributed by atoms with Crippen molar-refractivity contribution in [3.8, 4) is 11.5 Å². The molecule has 2 amide bonds. The molecule has 0 unspecified atom stereocenters. The van der Waals surface area contributed by atoms with Crippen molar-refractivity contribution in [2.75, 3.05) is 36.9 Å². The summed E-state index contributed by atoms with van der Waals surface area (Å²) >= 11 is 0. The van der Waals surface area contributed by atoms with Crippen molar-refractivity contribution >= 4 is 46.2 Å². The molecule has 16 nitrogen and oxygen atoms in total. The van der Waals surface area contributed by atoms with E-state index >= 15 is 0 Å². The minimum atomic E-state index is -0.516. The summed E-state index contributed by atoms with van der Waals surface area (Å²) in [5, 5.41) is 27.6. The summed E-state index contributed by atoms with van der Waals surface area (Å²) in [6.45, 7) is 4.52. The van der Waals surface area contributed by atoms with Crippen LogP contribution in [0.25, 0.3) is 0 Å². The Morgan fingerprint density at radius 3 is 1.53 bits per heavy atom. The van der Waals surface area contributed by atoms with Gasteiger partial charge >= 0.3 is 0 Å². The summed E-state index contributed by atoms with van der Waals surface area (Å²) in [5.74, 6) is 1.69. The molecule has 16 heteroatoms. The number of carbonyl (C=O) groups excluding carboxylic acids is 2. The summed E-state index contributed by atoms with van der Waals surface area (Å²) in [6.07, 6.45) is 10.7. The van der Waals surface area contributed by atoms with Crippen LogP contribution in [-0.2, 0) is 9.59 Å². The third kappa shape index (κ3) is 10.1. The number of hydrogen-bond donors (Lipinski definition) is 2. The van der Waals surface area contributed by atoms with Crippen LogP contribution < -0.4 is 30.1 Å². The minimum absolute atomic E-state index is 0.127. The van der Waals surface area contributed by atoms with Crippen LogP contribution >= 0.6 is 0 Å². The Labute approximate surface area is 270 Å². The molecule has 0 saturated heterocycles. The summed E-state index contributed by atoms with van der Waals surface area (Å²) < 4.78 is 11.6. The number of nitrogens with one attached hydrogen (secondary N) is 2. The molecule has 2 radical (unpaired) electrons. The summed E-state index contributed by atoms with van der Waals surface area (Å²) in [4.78, 5) is 57.4. The van der Waals surface area contributed by atoms with Crippen LogP contribution in [0.2, 0.25) is 0 Å². The smallest absolute Gasteiger partial charge is 0.298 e. The number of ether oxygens (including phenoxy) is 2. The van der Waals surface area contributed by atoms with Crippen LogP contribution in [0.3, 0.4) is 0 Å². The number of hydrogen-bond acceptors (Lipinski definition) is 12. The first-order chi connectivity index (χ1) is 22.6. The van der Waals surface area contributed by atoms with Crippen molar-refractivity contribution < 1.29 is 28.9 Å².